The fraction of sp³-hybridized carbons (Fsp3) is 0.897. The summed E-state index contributed by atoms with van der Waals surface area (Å²) in [5.74, 6) is -6.92. The van der Waals surface area contributed by atoms with Gasteiger partial charge in [-0.15, -0.1) is 0 Å². The number of amides is 1. The molecule has 0 radical (unpaired) electrons. The van der Waals surface area contributed by atoms with Gasteiger partial charge in [-0.25, -0.2) is 5.48 Å². The second-order valence-corrected chi connectivity index (χ2v) is 13.2. The number of nitro groups is 2. The fourth-order valence-corrected chi connectivity index (χ4v) is 8.29. The van der Waals surface area contributed by atoms with E-state index in [1.807, 2.05) is 0 Å². The molecule has 0 aromatic rings. The fourth-order valence-electron chi connectivity index (χ4n) is 8.29. The Bertz CT molecular complexity index is 1020. The first-order valence-corrected chi connectivity index (χ1v) is 16.2. The molecule has 16 nitrogen and oxygen atoms in total. The van der Waals surface area contributed by atoms with Gasteiger partial charge in [0.2, 0.25) is 18.0 Å². The van der Waals surface area contributed by atoms with Gasteiger partial charge in [0.05, 0.1) is 30.0 Å². The number of carboxylic acids is 2. The van der Waals surface area contributed by atoms with Crippen LogP contribution in [0.1, 0.15) is 89.9 Å². The monoisotopic (exact) mass is 642 g/mol. The van der Waals surface area contributed by atoms with E-state index in [9.17, 15) is 50.0 Å². The molecule has 4 aliphatic carbocycles. The molecule has 0 heterocycles. The third-order valence-corrected chi connectivity index (χ3v) is 10.7. The van der Waals surface area contributed by atoms with Crippen LogP contribution in [0.3, 0.4) is 0 Å². The number of carbonyl (C=O) groups excluding carboxylic acids is 1. The molecule has 7 atom stereocenters. The predicted octanol–water partition coefficient (Wildman–Crippen LogP) is 2.60. The number of carbonyl (C=O) groups is 3. The topological polar surface area (TPSA) is 241 Å². The zero-order valence-corrected chi connectivity index (χ0v) is 25.4. The molecule has 5 N–H and O–H groups in total. The zero-order valence-electron chi connectivity index (χ0n) is 25.4. The minimum absolute atomic E-state index is 0.0682. The number of carboxylic acid groups (broad SMARTS) is 2. The van der Waals surface area contributed by atoms with Crippen molar-refractivity contribution in [1.29, 1.82) is 0 Å². The van der Waals surface area contributed by atoms with Crippen LogP contribution < -0.4 is 10.8 Å². The molecule has 4 rings (SSSR count). The average molecular weight is 643 g/mol. The van der Waals surface area contributed by atoms with Gasteiger partial charge in [-0.2, -0.15) is 0 Å². The van der Waals surface area contributed by atoms with Crippen LogP contribution in [0.4, 0.5) is 0 Å². The molecule has 1 amide bonds. The first-order valence-electron chi connectivity index (χ1n) is 16.2. The lowest BCUT2D eigenvalue weighted by atomic mass is 9.67. The maximum atomic E-state index is 13.0. The maximum Gasteiger partial charge on any atom is 0.307 e. The van der Waals surface area contributed by atoms with E-state index in [0.717, 1.165) is 0 Å². The molecule has 45 heavy (non-hydrogen) atoms. The molecule has 16 heteroatoms. The Morgan fingerprint density at radius 3 is 1.76 bits per heavy atom. The Kier molecular flexibility index (Phi) is 12.5. The quantitative estimate of drug-likeness (QED) is 0.110. The summed E-state index contributed by atoms with van der Waals surface area (Å²) in [6.07, 6.45) is 6.70. The van der Waals surface area contributed by atoms with Crippen molar-refractivity contribution < 1.29 is 49.1 Å². The van der Waals surface area contributed by atoms with Crippen molar-refractivity contribution in [3.05, 3.63) is 20.2 Å². The van der Waals surface area contributed by atoms with Crippen molar-refractivity contribution in [2.45, 2.75) is 126 Å². The van der Waals surface area contributed by atoms with Crippen molar-refractivity contribution in [2.75, 3.05) is 6.79 Å². The van der Waals surface area contributed by atoms with Gasteiger partial charge >= 0.3 is 11.9 Å². The second kappa shape index (κ2) is 16.1. The molecule has 0 bridgehead atoms. The Morgan fingerprint density at radius 1 is 0.733 bits per heavy atom. The molecule has 7 unspecified atom stereocenters. The molecule has 0 aromatic heterocycles. The summed E-state index contributed by atoms with van der Waals surface area (Å²) in [5, 5.41) is 55.4. The molecule has 0 aromatic carbocycles. The van der Waals surface area contributed by atoms with Gasteiger partial charge in [0.15, 0.2) is 0 Å². The molecule has 0 aliphatic heterocycles. The summed E-state index contributed by atoms with van der Waals surface area (Å²) in [7, 11) is 0. The predicted molar refractivity (Wildman–Crippen MR) is 154 cm³/mol. The number of hydrogen-bond donors (Lipinski definition) is 5. The lowest BCUT2D eigenvalue weighted by molar-refractivity contribution is -0.539. The molecular weight excluding hydrogens is 596 g/mol. The molecule has 0 saturated heterocycles. The van der Waals surface area contributed by atoms with E-state index in [2.05, 4.69) is 10.8 Å². The Hall–Kier alpha value is -2.95. The first-order chi connectivity index (χ1) is 21.5. The van der Waals surface area contributed by atoms with Gasteiger partial charge in [-0.3, -0.25) is 34.6 Å². The van der Waals surface area contributed by atoms with Crippen LogP contribution in [0.25, 0.3) is 0 Å². The number of nitrogens with one attached hydrogen (secondary N) is 2. The van der Waals surface area contributed by atoms with Crippen molar-refractivity contribution in [1.82, 2.24) is 10.8 Å². The van der Waals surface area contributed by atoms with Gasteiger partial charge in [0, 0.05) is 34.8 Å². The van der Waals surface area contributed by atoms with Gasteiger partial charge < -0.3 is 30.2 Å². The average Bonchev–Trinajstić information content (AvgIpc) is 3.02. The minimum atomic E-state index is -1.20. The third kappa shape index (κ3) is 8.65. The van der Waals surface area contributed by atoms with E-state index in [4.69, 9.17) is 9.47 Å². The smallest absolute Gasteiger partial charge is 0.307 e. The largest absolute Gasteiger partial charge is 0.481 e. The summed E-state index contributed by atoms with van der Waals surface area (Å²) < 4.78 is 11.9. The third-order valence-electron chi connectivity index (χ3n) is 10.7. The highest BCUT2D eigenvalue weighted by Gasteiger charge is 2.51. The van der Waals surface area contributed by atoms with Gasteiger partial charge in [-0.05, 0) is 83.0 Å². The maximum absolute atomic E-state index is 13.0. The van der Waals surface area contributed by atoms with Crippen LogP contribution in [-0.2, 0) is 23.9 Å². The highest BCUT2D eigenvalue weighted by molar-refractivity contribution is 5.85. The van der Waals surface area contributed by atoms with Crippen molar-refractivity contribution in [3.8, 4) is 0 Å². The lowest BCUT2D eigenvalue weighted by Crippen LogP contribution is -2.54. The first kappa shape index (κ1) is 34.9. The molecule has 4 saturated carbocycles. The van der Waals surface area contributed by atoms with Crippen LogP contribution >= 0.6 is 0 Å². The van der Waals surface area contributed by atoms with E-state index in [1.54, 1.807) is 0 Å². The molecule has 4 fully saturated rings. The SMILES string of the molecule is O=C(O)C1CCCC([N+](=O)[O-])C1C(=O)NC1CCC(OCOC2CCC(C(NO)C3C(C(=O)O)CCCC3[N+](=O)[O-])CC2)CC1. The van der Waals surface area contributed by atoms with Crippen LogP contribution in [0.2, 0.25) is 0 Å². The standard InChI is InChI=1S/C29H46N4O12/c34-27(25-21(29(37)38)4-2-6-23(25)33(42)43)30-17-9-13-19(14-10-17)45-15-44-18-11-7-16(8-12-18)26(31-39)24-20(28(35)36)3-1-5-22(24)32(40)41/h16-26,31,39H,1-15H2,(H,30,34)(H,35,36)(H,37,38). The van der Waals surface area contributed by atoms with Crippen LogP contribution in [-0.4, -0.2) is 86.3 Å². The van der Waals surface area contributed by atoms with E-state index < -0.39 is 69.5 Å². The van der Waals surface area contributed by atoms with Crippen molar-refractivity contribution in [3.63, 3.8) is 0 Å². The Balaban J connectivity index is 1.19. The molecule has 254 valence electrons. The van der Waals surface area contributed by atoms with Crippen molar-refractivity contribution >= 4 is 17.8 Å². The Labute approximate surface area is 260 Å². The van der Waals surface area contributed by atoms with Gasteiger partial charge in [0.25, 0.3) is 0 Å². The van der Waals surface area contributed by atoms with Crippen molar-refractivity contribution in [2.24, 2.45) is 29.6 Å². The summed E-state index contributed by atoms with van der Waals surface area (Å²) >= 11 is 0. The van der Waals surface area contributed by atoms with E-state index >= 15 is 0 Å². The number of hydroxylamine groups is 1. The summed E-state index contributed by atoms with van der Waals surface area (Å²) in [6, 6.07) is -3.15. The number of hydrogen-bond acceptors (Lipinski definition) is 11. The number of aliphatic carboxylic acids is 2. The van der Waals surface area contributed by atoms with E-state index in [1.165, 1.54) is 0 Å². The van der Waals surface area contributed by atoms with Crippen LogP contribution in [0.5, 0.6) is 0 Å². The lowest BCUT2D eigenvalue weighted by Gasteiger charge is -2.41. The van der Waals surface area contributed by atoms with E-state index in [-0.39, 0.29) is 50.2 Å². The Morgan fingerprint density at radius 2 is 1.24 bits per heavy atom. The van der Waals surface area contributed by atoms with E-state index in [0.29, 0.717) is 70.6 Å². The molecule has 0 spiro atoms. The van der Waals surface area contributed by atoms with Gasteiger partial charge in [0.1, 0.15) is 12.7 Å². The highest BCUT2D eigenvalue weighted by atomic mass is 16.7. The second-order valence-electron chi connectivity index (χ2n) is 13.2. The number of ether oxygens (including phenoxy) is 2. The highest BCUT2D eigenvalue weighted by Crippen LogP contribution is 2.41. The molecular formula is C29H46N4O12. The minimum Gasteiger partial charge on any atom is -0.481 e. The summed E-state index contributed by atoms with van der Waals surface area (Å²) in [6.45, 7) is 0.0682. The summed E-state index contributed by atoms with van der Waals surface area (Å²) in [5.41, 5.74) is 2.24. The van der Waals surface area contributed by atoms with Crippen LogP contribution in [0, 0.1) is 49.8 Å². The van der Waals surface area contributed by atoms with Crippen LogP contribution in [0.15, 0.2) is 0 Å². The summed E-state index contributed by atoms with van der Waals surface area (Å²) in [4.78, 5) is 58.9. The van der Waals surface area contributed by atoms with Gasteiger partial charge in [-0.1, -0.05) is 0 Å². The number of rotatable bonds is 13. The normalized spacial score (nSPS) is 36.4. The number of nitrogens with zero attached hydrogens (tertiary/aromatic N) is 2. The molecule has 4 aliphatic rings. The zero-order chi connectivity index (χ0) is 32.7.